The molecule has 0 aliphatic heterocycles. The van der Waals surface area contributed by atoms with Gasteiger partial charge in [0.15, 0.2) is 0 Å². The van der Waals surface area contributed by atoms with Gasteiger partial charge in [-0.15, -0.1) is 11.3 Å². The van der Waals surface area contributed by atoms with Gasteiger partial charge in [0.1, 0.15) is 10.7 Å². The summed E-state index contributed by atoms with van der Waals surface area (Å²) in [7, 11) is 0. The van der Waals surface area contributed by atoms with Crippen LogP contribution in [-0.2, 0) is 32.1 Å². The minimum Gasteiger partial charge on any atom is -0.309 e. The molecule has 0 radical (unpaired) electrons. The topological polar surface area (TPSA) is 49.0 Å². The van der Waals surface area contributed by atoms with Crippen molar-refractivity contribution >= 4 is 21.6 Å². The highest BCUT2D eigenvalue weighted by Gasteiger charge is 2.35. The number of aromatic amines is 1. The number of hydrogen-bond acceptors (Lipinski definition) is 4. The zero-order valence-corrected chi connectivity index (χ0v) is 16.5. The number of halogens is 3. The number of fused-ring (bicyclic) bond motifs is 3. The molecule has 1 N–H and O–H groups in total. The fourth-order valence-electron chi connectivity index (χ4n) is 4.22. The Kier molecular flexibility index (Phi) is 4.51. The van der Waals surface area contributed by atoms with Gasteiger partial charge in [-0.25, -0.2) is 4.98 Å². The van der Waals surface area contributed by atoms with E-state index in [1.54, 1.807) is 17.4 Å². The summed E-state index contributed by atoms with van der Waals surface area (Å²) in [6, 6.07) is 5.93. The van der Waals surface area contributed by atoms with Crippen LogP contribution >= 0.6 is 11.3 Å². The second-order valence-corrected chi connectivity index (χ2v) is 8.92. The van der Waals surface area contributed by atoms with Crippen LogP contribution in [0.3, 0.4) is 0 Å². The second-order valence-electron chi connectivity index (χ2n) is 7.84. The van der Waals surface area contributed by atoms with E-state index in [0.29, 0.717) is 17.8 Å². The average Bonchev–Trinajstić information content (AvgIpc) is 3.31. The molecule has 5 rings (SSSR count). The van der Waals surface area contributed by atoms with Crippen LogP contribution in [0.15, 0.2) is 29.1 Å². The summed E-state index contributed by atoms with van der Waals surface area (Å²) >= 11 is 1.58. The molecule has 0 atom stereocenters. The summed E-state index contributed by atoms with van der Waals surface area (Å²) in [4.78, 5) is 24.2. The first-order chi connectivity index (χ1) is 13.9. The van der Waals surface area contributed by atoms with Crippen LogP contribution in [0.25, 0.3) is 10.2 Å². The third kappa shape index (κ3) is 3.59. The zero-order valence-electron chi connectivity index (χ0n) is 15.7. The first kappa shape index (κ1) is 18.8. The number of benzene rings is 1. The first-order valence-corrected chi connectivity index (χ1v) is 10.6. The van der Waals surface area contributed by atoms with Crippen LogP contribution in [0, 0.1) is 0 Å². The minimum absolute atomic E-state index is 0.129. The van der Waals surface area contributed by atoms with Gasteiger partial charge in [0, 0.05) is 17.5 Å². The Balaban J connectivity index is 1.45. The molecule has 2 aromatic heterocycles. The number of nitrogens with one attached hydrogen (secondary N) is 1. The van der Waals surface area contributed by atoms with Crippen molar-refractivity contribution in [1.82, 2.24) is 14.9 Å². The first-order valence-electron chi connectivity index (χ1n) is 9.83. The highest BCUT2D eigenvalue weighted by Crippen LogP contribution is 2.36. The number of nitrogens with zero attached hydrogens (tertiary/aromatic N) is 2. The Morgan fingerprint density at radius 3 is 2.72 bits per heavy atom. The van der Waals surface area contributed by atoms with E-state index in [2.05, 4.69) is 9.97 Å². The lowest BCUT2D eigenvalue weighted by atomic mass is 10.1. The van der Waals surface area contributed by atoms with E-state index in [-0.39, 0.29) is 23.7 Å². The van der Waals surface area contributed by atoms with Crippen molar-refractivity contribution in [3.05, 3.63) is 62.0 Å². The Bertz CT molecular complexity index is 1130. The summed E-state index contributed by atoms with van der Waals surface area (Å²) in [5.41, 5.74) is 0.655. The summed E-state index contributed by atoms with van der Waals surface area (Å²) in [6.45, 7) is 0.521. The number of rotatable bonds is 5. The largest absolute Gasteiger partial charge is 0.416 e. The summed E-state index contributed by atoms with van der Waals surface area (Å²) in [5, 5.41) is 0.701. The highest BCUT2D eigenvalue weighted by atomic mass is 32.1. The van der Waals surface area contributed by atoms with Crippen LogP contribution in [0.2, 0.25) is 0 Å². The van der Waals surface area contributed by atoms with Gasteiger partial charge in [-0.05, 0) is 49.3 Å². The maximum Gasteiger partial charge on any atom is 0.416 e. The molecule has 0 unspecified atom stereocenters. The molecule has 29 heavy (non-hydrogen) atoms. The zero-order chi connectivity index (χ0) is 20.2. The van der Waals surface area contributed by atoms with E-state index in [1.165, 1.54) is 17.0 Å². The van der Waals surface area contributed by atoms with Gasteiger partial charge >= 0.3 is 6.18 Å². The van der Waals surface area contributed by atoms with E-state index >= 15 is 0 Å². The van der Waals surface area contributed by atoms with Crippen LogP contribution in [-0.4, -0.2) is 20.9 Å². The van der Waals surface area contributed by atoms with E-state index < -0.39 is 11.7 Å². The molecule has 0 saturated heterocycles. The van der Waals surface area contributed by atoms with E-state index in [1.807, 2.05) is 4.90 Å². The van der Waals surface area contributed by atoms with E-state index in [9.17, 15) is 18.0 Å². The van der Waals surface area contributed by atoms with Crippen LogP contribution < -0.4 is 5.56 Å². The van der Waals surface area contributed by atoms with Crippen LogP contribution in [0.4, 0.5) is 13.2 Å². The van der Waals surface area contributed by atoms with Gasteiger partial charge in [0.2, 0.25) is 0 Å². The molecule has 3 aromatic rings. The summed E-state index contributed by atoms with van der Waals surface area (Å²) in [5.74, 6) is 0.527. The average molecular weight is 419 g/mol. The molecule has 152 valence electrons. The molecule has 1 saturated carbocycles. The van der Waals surface area contributed by atoms with Crippen LogP contribution in [0.1, 0.15) is 46.7 Å². The third-order valence-electron chi connectivity index (χ3n) is 5.74. The normalized spacial score (nSPS) is 16.7. The summed E-state index contributed by atoms with van der Waals surface area (Å²) < 4.78 is 40.1. The number of alkyl halides is 3. The fraction of sp³-hybridized carbons (Fsp3) is 0.429. The number of aryl methyl sites for hydroxylation is 2. The smallest absolute Gasteiger partial charge is 0.309 e. The van der Waals surface area contributed by atoms with Crippen molar-refractivity contribution in [2.75, 3.05) is 0 Å². The Morgan fingerprint density at radius 2 is 1.97 bits per heavy atom. The van der Waals surface area contributed by atoms with E-state index in [4.69, 9.17) is 0 Å². The highest BCUT2D eigenvalue weighted by molar-refractivity contribution is 7.18. The van der Waals surface area contributed by atoms with Crippen molar-refractivity contribution < 1.29 is 13.2 Å². The SMILES string of the molecule is O=c1[nH]c(CN(Cc2ccccc2C(F)(F)F)C2CC2)nc2sc3c(c12)CCC3. The predicted octanol–water partition coefficient (Wildman–Crippen LogP) is 4.66. The van der Waals surface area contributed by atoms with E-state index in [0.717, 1.165) is 48.6 Å². The van der Waals surface area contributed by atoms with Crippen LogP contribution in [0.5, 0.6) is 0 Å². The van der Waals surface area contributed by atoms with Gasteiger partial charge in [-0.2, -0.15) is 13.2 Å². The third-order valence-corrected chi connectivity index (χ3v) is 6.92. The van der Waals surface area contributed by atoms with Gasteiger partial charge in [0.25, 0.3) is 5.56 Å². The molecule has 1 fully saturated rings. The van der Waals surface area contributed by atoms with Crippen molar-refractivity contribution in [3.8, 4) is 0 Å². The van der Waals surface area contributed by atoms with Crippen molar-refractivity contribution in [2.24, 2.45) is 0 Å². The number of aromatic nitrogens is 2. The molecule has 0 bridgehead atoms. The maximum atomic E-state index is 13.4. The molecule has 2 heterocycles. The standard InChI is InChI=1S/C21H20F3N3OS/c22-21(23,24)15-6-2-1-4-12(15)10-27(13-8-9-13)11-17-25-19(28)18-14-5-3-7-16(14)29-20(18)26-17/h1-2,4,6,13H,3,5,7-11H2,(H,25,26,28). The maximum absolute atomic E-state index is 13.4. The number of hydrogen-bond donors (Lipinski definition) is 1. The van der Waals surface area contributed by atoms with Crippen molar-refractivity contribution in [1.29, 1.82) is 0 Å². The number of thiophene rings is 1. The molecule has 2 aliphatic rings. The lowest BCUT2D eigenvalue weighted by molar-refractivity contribution is -0.138. The Morgan fingerprint density at radius 1 is 1.17 bits per heavy atom. The van der Waals surface area contributed by atoms with Crippen molar-refractivity contribution in [3.63, 3.8) is 0 Å². The Hall–Kier alpha value is -2.19. The number of H-pyrrole nitrogens is 1. The second kappa shape index (κ2) is 6.95. The van der Waals surface area contributed by atoms with Gasteiger partial charge in [0.05, 0.1) is 17.5 Å². The molecule has 1 aromatic carbocycles. The van der Waals surface area contributed by atoms with Gasteiger partial charge in [-0.3, -0.25) is 9.69 Å². The fourth-order valence-corrected chi connectivity index (χ4v) is 5.50. The van der Waals surface area contributed by atoms with Gasteiger partial charge < -0.3 is 4.98 Å². The molecule has 2 aliphatic carbocycles. The van der Waals surface area contributed by atoms with Crippen molar-refractivity contribution in [2.45, 2.75) is 57.4 Å². The lowest BCUT2D eigenvalue weighted by Crippen LogP contribution is -2.28. The molecular weight excluding hydrogens is 399 g/mol. The minimum atomic E-state index is -4.38. The molecule has 0 amide bonds. The quantitative estimate of drug-likeness (QED) is 0.655. The Labute approximate surface area is 169 Å². The van der Waals surface area contributed by atoms with Gasteiger partial charge in [-0.1, -0.05) is 18.2 Å². The molecule has 4 nitrogen and oxygen atoms in total. The molecule has 8 heteroatoms. The monoisotopic (exact) mass is 419 g/mol. The molecular formula is C21H20F3N3OS. The summed E-state index contributed by atoms with van der Waals surface area (Å²) in [6.07, 6.45) is 0.512. The molecule has 0 spiro atoms. The lowest BCUT2D eigenvalue weighted by Gasteiger charge is -2.23. The predicted molar refractivity (Wildman–Crippen MR) is 106 cm³/mol.